The first-order valence-electron chi connectivity index (χ1n) is 5.15. The fourth-order valence-corrected chi connectivity index (χ4v) is 2.93. The Bertz CT molecular complexity index is 539. The van der Waals surface area contributed by atoms with Crippen molar-refractivity contribution in [2.45, 2.75) is 16.4 Å². The highest BCUT2D eigenvalue weighted by atomic mass is 32.2. The summed E-state index contributed by atoms with van der Waals surface area (Å²) in [6.07, 6.45) is 0. The second kappa shape index (κ2) is 3.85. The van der Waals surface area contributed by atoms with Gasteiger partial charge < -0.3 is 10.4 Å². The minimum Gasteiger partial charge on any atom is -0.392 e. The Hall–Kier alpha value is -1.45. The van der Waals surface area contributed by atoms with Crippen molar-refractivity contribution in [3.63, 3.8) is 0 Å². The number of hydrogen-bond acceptors (Lipinski definition) is 3. The molecule has 1 aliphatic rings. The van der Waals surface area contributed by atoms with E-state index < -0.39 is 0 Å². The second-order valence-electron chi connectivity index (χ2n) is 3.68. The molecule has 0 spiro atoms. The van der Waals surface area contributed by atoms with Crippen LogP contribution in [0, 0.1) is 0 Å². The largest absolute Gasteiger partial charge is 0.392 e. The zero-order chi connectivity index (χ0) is 11.0. The topological polar surface area (TPSA) is 32.3 Å². The average molecular weight is 229 g/mol. The molecule has 3 rings (SSSR count). The summed E-state index contributed by atoms with van der Waals surface area (Å²) >= 11 is 1.71. The first-order valence-corrected chi connectivity index (χ1v) is 5.97. The van der Waals surface area contributed by atoms with Gasteiger partial charge in [0.15, 0.2) is 0 Å². The summed E-state index contributed by atoms with van der Waals surface area (Å²) in [5, 5.41) is 12.7. The van der Waals surface area contributed by atoms with Crippen LogP contribution >= 0.6 is 11.8 Å². The molecule has 0 aliphatic carbocycles. The van der Waals surface area contributed by atoms with E-state index in [1.165, 1.54) is 4.90 Å². The van der Waals surface area contributed by atoms with Crippen LogP contribution in [0.1, 0.15) is 5.56 Å². The second-order valence-corrected chi connectivity index (χ2v) is 4.73. The molecular weight excluding hydrogens is 218 g/mol. The van der Waals surface area contributed by atoms with E-state index >= 15 is 0 Å². The molecule has 0 fully saturated rings. The zero-order valence-corrected chi connectivity index (χ0v) is 9.42. The van der Waals surface area contributed by atoms with Gasteiger partial charge in [0.1, 0.15) is 0 Å². The highest BCUT2D eigenvalue weighted by Crippen LogP contribution is 2.45. The molecule has 1 aliphatic heterocycles. The fraction of sp³-hybridized carbons (Fsp3) is 0.0769. The lowest BCUT2D eigenvalue weighted by Crippen LogP contribution is -2.01. The van der Waals surface area contributed by atoms with Gasteiger partial charge in [0.05, 0.1) is 18.0 Å². The van der Waals surface area contributed by atoms with Gasteiger partial charge in [-0.3, -0.25) is 0 Å². The van der Waals surface area contributed by atoms with Crippen LogP contribution in [0.15, 0.2) is 52.3 Å². The molecule has 0 bridgehead atoms. The molecular formula is C13H11NOS. The Morgan fingerprint density at radius 2 is 1.81 bits per heavy atom. The molecule has 0 unspecified atom stereocenters. The van der Waals surface area contributed by atoms with Crippen LogP contribution in [0.2, 0.25) is 0 Å². The molecule has 0 atom stereocenters. The Balaban J connectivity index is 2.12. The van der Waals surface area contributed by atoms with E-state index in [1.54, 1.807) is 11.8 Å². The zero-order valence-electron chi connectivity index (χ0n) is 8.60. The van der Waals surface area contributed by atoms with Gasteiger partial charge in [-0.15, -0.1) is 0 Å². The molecule has 0 radical (unpaired) electrons. The number of benzene rings is 2. The molecule has 0 saturated heterocycles. The maximum absolute atomic E-state index is 9.30. The van der Waals surface area contributed by atoms with E-state index in [9.17, 15) is 5.11 Å². The Morgan fingerprint density at radius 1 is 1.00 bits per heavy atom. The third-order valence-corrected chi connectivity index (χ3v) is 3.90. The molecule has 0 saturated carbocycles. The van der Waals surface area contributed by atoms with Crippen molar-refractivity contribution in [2.75, 3.05) is 5.32 Å². The van der Waals surface area contributed by atoms with Crippen LogP contribution in [-0.4, -0.2) is 5.11 Å². The summed E-state index contributed by atoms with van der Waals surface area (Å²) in [6, 6.07) is 14.2. The van der Waals surface area contributed by atoms with Gasteiger partial charge in [-0.1, -0.05) is 36.0 Å². The molecule has 0 amide bonds. The highest BCUT2D eigenvalue weighted by molar-refractivity contribution is 7.99. The quantitative estimate of drug-likeness (QED) is 0.671. The van der Waals surface area contributed by atoms with Crippen molar-refractivity contribution in [3.8, 4) is 0 Å². The van der Waals surface area contributed by atoms with Gasteiger partial charge in [-0.2, -0.15) is 0 Å². The number of hydrogen-bond donors (Lipinski definition) is 2. The number of aliphatic hydroxyl groups is 1. The normalized spacial score (nSPS) is 12.6. The number of aliphatic hydroxyl groups excluding tert-OH is 1. The van der Waals surface area contributed by atoms with Crippen LogP contribution in [0.4, 0.5) is 11.4 Å². The van der Waals surface area contributed by atoms with Gasteiger partial charge in [0, 0.05) is 9.79 Å². The average Bonchev–Trinajstić information content (AvgIpc) is 2.35. The van der Waals surface area contributed by atoms with E-state index in [1.807, 2.05) is 30.3 Å². The van der Waals surface area contributed by atoms with Crippen molar-refractivity contribution in [2.24, 2.45) is 0 Å². The number of para-hydroxylation sites is 1. The van der Waals surface area contributed by atoms with Crippen LogP contribution < -0.4 is 5.32 Å². The smallest absolute Gasteiger partial charge is 0.0693 e. The SMILES string of the molecule is OCc1cccc2c1Sc1ccccc1N2. The standard InChI is InChI=1S/C13H11NOS/c15-8-9-4-3-6-11-13(9)16-12-7-2-1-5-10(12)14-11/h1-7,14-15H,8H2. The summed E-state index contributed by atoms with van der Waals surface area (Å²) in [6.45, 7) is 0.0834. The molecule has 0 aromatic heterocycles. The van der Waals surface area contributed by atoms with Crippen molar-refractivity contribution in [3.05, 3.63) is 48.0 Å². The molecule has 3 heteroatoms. The molecule has 2 aromatic rings. The lowest BCUT2D eigenvalue weighted by Gasteiger charge is -2.22. The third kappa shape index (κ3) is 1.49. The van der Waals surface area contributed by atoms with Crippen molar-refractivity contribution >= 4 is 23.1 Å². The van der Waals surface area contributed by atoms with Gasteiger partial charge in [0.25, 0.3) is 0 Å². The van der Waals surface area contributed by atoms with E-state index in [4.69, 9.17) is 0 Å². The van der Waals surface area contributed by atoms with Crippen LogP contribution in [0.5, 0.6) is 0 Å². The maximum atomic E-state index is 9.30. The summed E-state index contributed by atoms with van der Waals surface area (Å²) in [5.41, 5.74) is 3.19. The predicted molar refractivity (Wildman–Crippen MR) is 66.2 cm³/mol. The number of nitrogens with one attached hydrogen (secondary N) is 1. The molecule has 16 heavy (non-hydrogen) atoms. The van der Waals surface area contributed by atoms with E-state index in [0.29, 0.717) is 0 Å². The van der Waals surface area contributed by atoms with Crippen molar-refractivity contribution in [1.82, 2.24) is 0 Å². The molecule has 2 nitrogen and oxygen atoms in total. The van der Waals surface area contributed by atoms with Crippen molar-refractivity contribution in [1.29, 1.82) is 0 Å². The monoisotopic (exact) mass is 229 g/mol. The number of rotatable bonds is 1. The number of anilines is 2. The lowest BCUT2D eigenvalue weighted by molar-refractivity contribution is 0.279. The lowest BCUT2D eigenvalue weighted by atomic mass is 10.2. The van der Waals surface area contributed by atoms with E-state index in [0.717, 1.165) is 21.8 Å². The molecule has 2 aromatic carbocycles. The van der Waals surface area contributed by atoms with E-state index in [-0.39, 0.29) is 6.61 Å². The molecule has 1 heterocycles. The first-order chi connectivity index (χ1) is 7.88. The fourth-order valence-electron chi connectivity index (χ4n) is 1.84. The number of fused-ring (bicyclic) bond motifs is 2. The summed E-state index contributed by atoms with van der Waals surface area (Å²) < 4.78 is 0. The summed E-state index contributed by atoms with van der Waals surface area (Å²) in [5.74, 6) is 0. The van der Waals surface area contributed by atoms with Crippen LogP contribution in [0.3, 0.4) is 0 Å². The van der Waals surface area contributed by atoms with Crippen LogP contribution in [0.25, 0.3) is 0 Å². The first kappa shape index (κ1) is 9.75. The van der Waals surface area contributed by atoms with Gasteiger partial charge in [-0.05, 0) is 23.8 Å². The third-order valence-electron chi connectivity index (χ3n) is 2.64. The van der Waals surface area contributed by atoms with Gasteiger partial charge >= 0.3 is 0 Å². The minimum absolute atomic E-state index is 0.0834. The summed E-state index contributed by atoms with van der Waals surface area (Å²) in [7, 11) is 0. The molecule has 80 valence electrons. The van der Waals surface area contributed by atoms with Gasteiger partial charge in [-0.25, -0.2) is 0 Å². The van der Waals surface area contributed by atoms with E-state index in [2.05, 4.69) is 17.4 Å². The maximum Gasteiger partial charge on any atom is 0.0693 e. The van der Waals surface area contributed by atoms with Crippen LogP contribution in [-0.2, 0) is 6.61 Å². The minimum atomic E-state index is 0.0834. The predicted octanol–water partition coefficient (Wildman–Crippen LogP) is 3.39. The highest BCUT2D eigenvalue weighted by Gasteiger charge is 2.17. The van der Waals surface area contributed by atoms with Crippen molar-refractivity contribution < 1.29 is 5.11 Å². The Kier molecular flexibility index (Phi) is 2.35. The summed E-state index contributed by atoms with van der Waals surface area (Å²) in [4.78, 5) is 2.33. The molecule has 2 N–H and O–H groups in total. The Morgan fingerprint density at radius 3 is 2.69 bits per heavy atom. The van der Waals surface area contributed by atoms with Gasteiger partial charge in [0.2, 0.25) is 0 Å². The Labute approximate surface area is 98.3 Å².